The fourth-order valence-electron chi connectivity index (χ4n) is 5.24. The molecule has 2 saturated heterocycles. The van der Waals surface area contributed by atoms with E-state index in [1.807, 2.05) is 31.2 Å². The molecule has 0 radical (unpaired) electrons. The zero-order valence-electron chi connectivity index (χ0n) is 23.5. The Morgan fingerprint density at radius 1 is 1.05 bits per heavy atom. The first kappa shape index (κ1) is 29.6. The minimum atomic E-state index is -0.895. The van der Waals surface area contributed by atoms with E-state index in [9.17, 15) is 19.8 Å². The van der Waals surface area contributed by atoms with Crippen LogP contribution < -0.4 is 9.47 Å². The van der Waals surface area contributed by atoms with Gasteiger partial charge in [-0.2, -0.15) is 0 Å². The molecule has 0 aromatic heterocycles. The lowest BCUT2D eigenvalue weighted by Gasteiger charge is -2.31. The summed E-state index contributed by atoms with van der Waals surface area (Å²) in [7, 11) is 1.42. The number of halogens is 1. The van der Waals surface area contributed by atoms with Crippen LogP contribution in [-0.2, 0) is 20.9 Å². The standard InChI is InChI=1S/C32H33BrN2O7/c1-20-5-3-4-6-22(20)19-42-24-9-7-21(8-10-24)29(36)27-28(23-17-25(33)30(37)26(18-23)40-2)35(32(39)31(27)38)12-11-34-13-15-41-16-14-34/h3-10,17-18,28,36-37H,11-16,19H2,1-2H3. The fraction of sp³-hybridized carbons (Fsp3) is 0.312. The van der Waals surface area contributed by atoms with E-state index in [0.29, 0.717) is 47.7 Å². The number of rotatable bonds is 9. The summed E-state index contributed by atoms with van der Waals surface area (Å²) in [5.74, 6) is -1.09. The minimum absolute atomic E-state index is 0.0322. The van der Waals surface area contributed by atoms with Crippen molar-refractivity contribution in [3.05, 3.63) is 93.0 Å². The molecule has 0 saturated carbocycles. The second kappa shape index (κ2) is 13.0. The van der Waals surface area contributed by atoms with Crippen LogP contribution >= 0.6 is 15.9 Å². The van der Waals surface area contributed by atoms with Crippen molar-refractivity contribution in [2.75, 3.05) is 46.5 Å². The number of aliphatic hydroxyl groups excluding tert-OH is 1. The second-order valence-electron chi connectivity index (χ2n) is 10.2. The quantitative estimate of drug-likeness (QED) is 0.196. The van der Waals surface area contributed by atoms with Crippen molar-refractivity contribution in [2.45, 2.75) is 19.6 Å². The van der Waals surface area contributed by atoms with Crippen LogP contribution in [0.15, 0.2) is 70.7 Å². The van der Waals surface area contributed by atoms with Crippen LogP contribution in [0.4, 0.5) is 0 Å². The number of benzene rings is 3. The molecule has 2 fully saturated rings. The number of carbonyl (C=O) groups excluding carboxylic acids is 2. The predicted molar refractivity (Wildman–Crippen MR) is 161 cm³/mol. The van der Waals surface area contributed by atoms with Crippen molar-refractivity contribution in [1.82, 2.24) is 9.80 Å². The van der Waals surface area contributed by atoms with Gasteiger partial charge in [0, 0.05) is 31.7 Å². The predicted octanol–water partition coefficient (Wildman–Crippen LogP) is 4.80. The number of carbonyl (C=O) groups is 2. The van der Waals surface area contributed by atoms with Gasteiger partial charge < -0.3 is 29.3 Å². The molecule has 220 valence electrons. The number of morpholine rings is 1. The van der Waals surface area contributed by atoms with E-state index < -0.39 is 17.7 Å². The largest absolute Gasteiger partial charge is 0.507 e. The number of ketones is 1. The lowest BCUT2D eigenvalue weighted by atomic mass is 9.95. The number of aryl methyl sites for hydroxylation is 1. The van der Waals surface area contributed by atoms with Gasteiger partial charge in [0.1, 0.15) is 18.1 Å². The molecule has 0 spiro atoms. The highest BCUT2D eigenvalue weighted by molar-refractivity contribution is 9.10. The molecule has 10 heteroatoms. The van der Waals surface area contributed by atoms with Gasteiger partial charge in [-0.15, -0.1) is 0 Å². The van der Waals surface area contributed by atoms with E-state index in [2.05, 4.69) is 20.8 Å². The number of amides is 1. The number of phenolic OH excluding ortho intramolecular Hbond substituents is 1. The monoisotopic (exact) mass is 636 g/mol. The minimum Gasteiger partial charge on any atom is -0.507 e. The van der Waals surface area contributed by atoms with Gasteiger partial charge in [0.05, 0.1) is 36.4 Å². The van der Waals surface area contributed by atoms with Crippen LogP contribution in [0.2, 0.25) is 0 Å². The Morgan fingerprint density at radius 2 is 1.76 bits per heavy atom. The summed E-state index contributed by atoms with van der Waals surface area (Å²) in [4.78, 5) is 30.5. The van der Waals surface area contributed by atoms with E-state index in [0.717, 1.165) is 24.2 Å². The van der Waals surface area contributed by atoms with Crippen LogP contribution in [0, 0.1) is 6.92 Å². The molecule has 5 rings (SSSR count). The molecule has 1 amide bonds. The third-order valence-corrected chi connectivity index (χ3v) is 8.28. The summed E-state index contributed by atoms with van der Waals surface area (Å²) < 4.78 is 17.0. The molecular weight excluding hydrogens is 604 g/mol. The molecule has 2 N–H and O–H groups in total. The smallest absolute Gasteiger partial charge is 0.295 e. The van der Waals surface area contributed by atoms with Gasteiger partial charge >= 0.3 is 0 Å². The molecule has 1 unspecified atom stereocenters. The summed E-state index contributed by atoms with van der Waals surface area (Å²) in [6.45, 7) is 5.88. The van der Waals surface area contributed by atoms with Crippen LogP contribution in [0.25, 0.3) is 5.76 Å². The van der Waals surface area contributed by atoms with Gasteiger partial charge in [-0.05, 0) is 75.9 Å². The van der Waals surface area contributed by atoms with Gasteiger partial charge in [-0.3, -0.25) is 14.5 Å². The van der Waals surface area contributed by atoms with Gasteiger partial charge in [0.25, 0.3) is 11.7 Å². The molecule has 3 aromatic carbocycles. The highest BCUT2D eigenvalue weighted by Gasteiger charge is 2.46. The van der Waals surface area contributed by atoms with E-state index in [-0.39, 0.29) is 29.4 Å². The van der Waals surface area contributed by atoms with Crippen LogP contribution in [-0.4, -0.2) is 78.2 Å². The molecule has 1 atom stereocenters. The van der Waals surface area contributed by atoms with Crippen molar-refractivity contribution in [1.29, 1.82) is 0 Å². The van der Waals surface area contributed by atoms with E-state index >= 15 is 0 Å². The second-order valence-corrected chi connectivity index (χ2v) is 11.1. The Balaban J connectivity index is 1.47. The topological polar surface area (TPSA) is 109 Å². The van der Waals surface area contributed by atoms with E-state index in [1.165, 1.54) is 12.0 Å². The Kier molecular flexibility index (Phi) is 9.15. The third-order valence-electron chi connectivity index (χ3n) is 7.67. The summed E-state index contributed by atoms with van der Waals surface area (Å²) in [6.07, 6.45) is 0. The van der Waals surface area contributed by atoms with Crippen molar-refractivity contribution >= 4 is 33.4 Å². The van der Waals surface area contributed by atoms with Crippen LogP contribution in [0.1, 0.15) is 28.3 Å². The molecule has 0 aliphatic carbocycles. The first-order chi connectivity index (χ1) is 20.3. The molecule has 9 nitrogen and oxygen atoms in total. The maximum absolute atomic E-state index is 13.5. The maximum atomic E-state index is 13.5. The first-order valence-electron chi connectivity index (χ1n) is 13.7. The first-order valence-corrected chi connectivity index (χ1v) is 14.5. The Labute approximate surface area is 253 Å². The van der Waals surface area contributed by atoms with Crippen molar-refractivity contribution in [3.63, 3.8) is 0 Å². The highest BCUT2D eigenvalue weighted by atomic mass is 79.9. The Morgan fingerprint density at radius 3 is 2.45 bits per heavy atom. The number of nitrogens with zero attached hydrogens (tertiary/aromatic N) is 2. The number of aromatic hydroxyl groups is 1. The summed E-state index contributed by atoms with van der Waals surface area (Å²) >= 11 is 3.35. The SMILES string of the molecule is COc1cc(C2C(=C(O)c3ccc(OCc4ccccc4C)cc3)C(=O)C(=O)N2CCN2CCOCC2)cc(Br)c1O. The van der Waals surface area contributed by atoms with Gasteiger partial charge in [-0.1, -0.05) is 24.3 Å². The fourth-order valence-corrected chi connectivity index (χ4v) is 5.70. The van der Waals surface area contributed by atoms with Crippen molar-refractivity contribution < 1.29 is 34.0 Å². The van der Waals surface area contributed by atoms with Gasteiger partial charge in [0.15, 0.2) is 11.5 Å². The lowest BCUT2D eigenvalue weighted by Crippen LogP contribution is -2.42. The van der Waals surface area contributed by atoms with Crippen LogP contribution in [0.5, 0.6) is 17.2 Å². The Bertz CT molecular complexity index is 1500. The van der Waals surface area contributed by atoms with Gasteiger partial charge in [0.2, 0.25) is 0 Å². The summed E-state index contributed by atoms with van der Waals surface area (Å²) in [6, 6.07) is 17.0. The zero-order chi connectivity index (χ0) is 29.8. The number of hydrogen-bond acceptors (Lipinski definition) is 8. The number of methoxy groups -OCH3 is 1. The summed E-state index contributed by atoms with van der Waals surface area (Å²) in [5, 5.41) is 21.9. The molecule has 2 aliphatic heterocycles. The zero-order valence-corrected chi connectivity index (χ0v) is 25.1. The average molecular weight is 638 g/mol. The van der Waals surface area contributed by atoms with E-state index in [1.54, 1.807) is 36.4 Å². The van der Waals surface area contributed by atoms with Gasteiger partial charge in [-0.25, -0.2) is 0 Å². The average Bonchev–Trinajstić information content (AvgIpc) is 3.26. The number of likely N-dealkylation sites (tertiary alicyclic amines) is 1. The number of phenols is 1. The molecule has 3 aromatic rings. The lowest BCUT2D eigenvalue weighted by molar-refractivity contribution is -0.140. The van der Waals surface area contributed by atoms with Crippen molar-refractivity contribution in [3.8, 4) is 17.2 Å². The summed E-state index contributed by atoms with van der Waals surface area (Å²) in [5.41, 5.74) is 3.05. The van der Waals surface area contributed by atoms with Crippen molar-refractivity contribution in [2.24, 2.45) is 0 Å². The maximum Gasteiger partial charge on any atom is 0.295 e. The normalized spacial score (nSPS) is 18.8. The Hall–Kier alpha value is -3.86. The molecule has 42 heavy (non-hydrogen) atoms. The molecule has 2 aliphatic rings. The third kappa shape index (κ3) is 6.16. The van der Waals surface area contributed by atoms with E-state index in [4.69, 9.17) is 14.2 Å². The number of Topliss-reactive ketones (excluding diaryl/α,β-unsaturated/α-hetero) is 1. The number of aliphatic hydroxyl groups is 1. The molecular formula is C32H33BrN2O7. The molecule has 2 heterocycles. The molecule has 0 bridgehead atoms. The number of hydrogen-bond donors (Lipinski definition) is 2. The highest BCUT2D eigenvalue weighted by Crippen LogP contribution is 2.44. The van der Waals surface area contributed by atoms with Crippen LogP contribution in [0.3, 0.4) is 0 Å². The number of ether oxygens (including phenoxy) is 3.